The first-order chi connectivity index (χ1) is 5.90. The second-order valence-corrected chi connectivity index (χ2v) is 4.12. The van der Waals surface area contributed by atoms with Crippen LogP contribution in [-0.4, -0.2) is 0 Å². The Labute approximate surface area is 71.9 Å². The van der Waals surface area contributed by atoms with Gasteiger partial charge in [0.2, 0.25) is 0 Å². The molecule has 0 aromatic heterocycles. The van der Waals surface area contributed by atoms with E-state index in [0.717, 1.165) is 0 Å². The van der Waals surface area contributed by atoms with Gasteiger partial charge in [0.1, 0.15) is 0 Å². The lowest BCUT2D eigenvalue weighted by atomic mass is 10.1. The van der Waals surface area contributed by atoms with Crippen LogP contribution >= 0.6 is 0 Å². The van der Waals surface area contributed by atoms with Crippen molar-refractivity contribution in [2.45, 2.75) is 18.8 Å². The van der Waals surface area contributed by atoms with Crippen molar-refractivity contribution in [3.63, 3.8) is 0 Å². The molecule has 5 rings (SSSR count). The first-order valence-corrected chi connectivity index (χ1v) is 4.72. The van der Waals surface area contributed by atoms with Crippen molar-refractivity contribution < 1.29 is 0 Å². The smallest absolute Gasteiger partial charge is 0.0527 e. The highest BCUT2D eigenvalue weighted by Crippen LogP contribution is 3.12. The van der Waals surface area contributed by atoms with E-state index in [0.29, 0.717) is 10.8 Å². The van der Waals surface area contributed by atoms with Gasteiger partial charge in [0.25, 0.3) is 0 Å². The molecule has 0 aliphatic heterocycles. The molecule has 0 saturated heterocycles. The van der Waals surface area contributed by atoms with Crippen LogP contribution in [0.3, 0.4) is 0 Å². The van der Waals surface area contributed by atoms with Crippen LogP contribution in [0.25, 0.3) is 0 Å². The minimum absolute atomic E-state index is 0.572. The summed E-state index contributed by atoms with van der Waals surface area (Å²) in [6, 6.07) is 11.0. The molecule has 1 aromatic carbocycles. The van der Waals surface area contributed by atoms with Crippen molar-refractivity contribution >= 4 is 0 Å². The highest BCUT2D eigenvalue weighted by atomic mass is 15.1. The van der Waals surface area contributed by atoms with Crippen LogP contribution < -0.4 is 0 Å². The van der Waals surface area contributed by atoms with E-state index < -0.39 is 0 Å². The summed E-state index contributed by atoms with van der Waals surface area (Å²) in [4.78, 5) is 0. The van der Waals surface area contributed by atoms with Gasteiger partial charge in [-0.2, -0.15) is 0 Å². The summed E-state index contributed by atoms with van der Waals surface area (Å²) in [7, 11) is 0. The third-order valence-electron chi connectivity index (χ3n) is 3.98. The quantitative estimate of drug-likeness (QED) is 0.574. The number of rotatable bonds is 2. The molecule has 0 amide bonds. The average molecular weight is 154 g/mol. The van der Waals surface area contributed by atoms with Gasteiger partial charge in [-0.05, 0) is 23.1 Å². The fourth-order valence-corrected chi connectivity index (χ4v) is 3.17. The van der Waals surface area contributed by atoms with Crippen molar-refractivity contribution in [2.24, 2.45) is 5.41 Å². The maximum atomic E-state index is 2.31. The van der Waals surface area contributed by atoms with Crippen LogP contribution in [0.4, 0.5) is 0 Å². The Balaban J connectivity index is 1.81. The molecule has 0 heteroatoms. The first kappa shape index (κ1) is 5.58. The number of hydrogen-bond donors (Lipinski definition) is 0. The van der Waals surface area contributed by atoms with Gasteiger partial charge in [-0.15, -0.1) is 0 Å². The SMILES string of the molecule is CCC12C3=C1C32c1ccccc1. The second-order valence-electron chi connectivity index (χ2n) is 4.12. The maximum absolute atomic E-state index is 2.31. The lowest BCUT2D eigenvalue weighted by Gasteiger charge is -1.94. The first-order valence-electron chi connectivity index (χ1n) is 4.72. The molecule has 0 radical (unpaired) electrons. The van der Waals surface area contributed by atoms with Crippen LogP contribution in [0.15, 0.2) is 41.5 Å². The molecule has 1 aromatic rings. The summed E-state index contributed by atoms with van der Waals surface area (Å²) in [5, 5.41) is 0. The number of hydrogen-bond acceptors (Lipinski definition) is 0. The van der Waals surface area contributed by atoms with Gasteiger partial charge in [-0.3, -0.25) is 0 Å². The molecular weight excluding hydrogens is 144 g/mol. The van der Waals surface area contributed by atoms with Gasteiger partial charge in [-0.25, -0.2) is 0 Å². The van der Waals surface area contributed by atoms with E-state index in [9.17, 15) is 0 Å². The third kappa shape index (κ3) is 0.281. The van der Waals surface area contributed by atoms with Crippen LogP contribution in [0.2, 0.25) is 0 Å². The Bertz CT molecular complexity index is 409. The summed E-state index contributed by atoms with van der Waals surface area (Å²) >= 11 is 0. The minimum Gasteiger partial charge on any atom is -0.0642 e. The number of benzene rings is 1. The Morgan fingerprint density at radius 1 is 1.08 bits per heavy atom. The zero-order valence-electron chi connectivity index (χ0n) is 7.09. The molecule has 4 aliphatic rings. The van der Waals surface area contributed by atoms with E-state index >= 15 is 0 Å². The van der Waals surface area contributed by atoms with Crippen molar-refractivity contribution in [3.05, 3.63) is 47.0 Å². The molecule has 2 saturated carbocycles. The standard InChI is InChI=1S/C12H10/c1-2-11-9-10(11)12(9,11)8-6-4-3-5-7-8/h3-7H,2H2,1H3. The average Bonchev–Trinajstić information content (AvgIpc) is 2.99. The maximum Gasteiger partial charge on any atom is 0.0527 e. The second kappa shape index (κ2) is 1.19. The van der Waals surface area contributed by atoms with Crippen LogP contribution in [0, 0.1) is 5.41 Å². The Kier molecular flexibility index (Phi) is 0.552. The Hall–Kier alpha value is -1.04. The zero-order valence-corrected chi connectivity index (χ0v) is 7.09. The largest absolute Gasteiger partial charge is 0.0642 e. The molecule has 0 spiro atoms. The number of allylic oxidation sites excluding steroid dienone is 2. The lowest BCUT2D eigenvalue weighted by Crippen LogP contribution is -1.86. The summed E-state index contributed by atoms with van der Waals surface area (Å²) in [6.07, 6.45) is 1.34. The van der Waals surface area contributed by atoms with E-state index in [1.165, 1.54) is 6.42 Å². The van der Waals surface area contributed by atoms with Gasteiger partial charge in [0.15, 0.2) is 0 Å². The van der Waals surface area contributed by atoms with Gasteiger partial charge >= 0.3 is 0 Å². The predicted octanol–water partition coefficient (Wildman–Crippen LogP) is 2.66. The highest BCUT2D eigenvalue weighted by Gasteiger charge is 3.07. The summed E-state index contributed by atoms with van der Waals surface area (Å²) in [6.45, 7) is 2.31. The van der Waals surface area contributed by atoms with Crippen LogP contribution in [0.5, 0.6) is 0 Å². The van der Waals surface area contributed by atoms with Crippen molar-refractivity contribution in [1.29, 1.82) is 0 Å². The molecule has 2 fully saturated rings. The molecule has 0 atom stereocenters. The van der Waals surface area contributed by atoms with E-state index in [1.807, 2.05) is 0 Å². The Morgan fingerprint density at radius 3 is 2.25 bits per heavy atom. The predicted molar refractivity (Wildman–Crippen MR) is 47.9 cm³/mol. The van der Waals surface area contributed by atoms with E-state index in [2.05, 4.69) is 37.3 Å². The molecule has 0 nitrogen and oxygen atoms in total. The van der Waals surface area contributed by atoms with E-state index in [1.54, 1.807) is 16.7 Å². The van der Waals surface area contributed by atoms with Crippen LogP contribution in [-0.2, 0) is 5.41 Å². The van der Waals surface area contributed by atoms with Crippen molar-refractivity contribution in [1.82, 2.24) is 0 Å². The van der Waals surface area contributed by atoms with Gasteiger partial charge in [0, 0.05) is 5.41 Å². The fraction of sp³-hybridized carbons (Fsp3) is 0.333. The Morgan fingerprint density at radius 2 is 1.75 bits per heavy atom. The lowest BCUT2D eigenvalue weighted by molar-refractivity contribution is 0.765. The summed E-state index contributed by atoms with van der Waals surface area (Å²) in [5.74, 6) is 0. The molecule has 4 aliphatic carbocycles. The normalized spacial score (nSPS) is 44.1. The molecule has 0 bridgehead atoms. The summed E-state index contributed by atoms with van der Waals surface area (Å²) in [5.41, 5.74) is 6.39. The molecule has 12 heavy (non-hydrogen) atoms. The van der Waals surface area contributed by atoms with E-state index in [-0.39, 0.29) is 0 Å². The molecular formula is C12H10. The molecule has 0 N–H and O–H groups in total. The van der Waals surface area contributed by atoms with Crippen molar-refractivity contribution in [2.75, 3.05) is 0 Å². The topological polar surface area (TPSA) is 0 Å². The van der Waals surface area contributed by atoms with Gasteiger partial charge in [-0.1, -0.05) is 37.3 Å². The zero-order chi connectivity index (χ0) is 7.97. The third-order valence-corrected chi connectivity index (χ3v) is 3.98. The van der Waals surface area contributed by atoms with Gasteiger partial charge in [0.05, 0.1) is 5.41 Å². The monoisotopic (exact) mass is 154 g/mol. The van der Waals surface area contributed by atoms with Gasteiger partial charge < -0.3 is 0 Å². The highest BCUT2D eigenvalue weighted by molar-refractivity contribution is 6.07. The molecule has 0 heterocycles. The minimum atomic E-state index is 0.572. The van der Waals surface area contributed by atoms with E-state index in [4.69, 9.17) is 0 Å². The molecule has 0 unspecified atom stereocenters. The van der Waals surface area contributed by atoms with Crippen LogP contribution in [0.1, 0.15) is 18.9 Å². The van der Waals surface area contributed by atoms with Crippen molar-refractivity contribution in [3.8, 4) is 0 Å². The molecule has 58 valence electrons. The fourth-order valence-electron chi connectivity index (χ4n) is 3.17. The summed E-state index contributed by atoms with van der Waals surface area (Å²) < 4.78 is 0.